The first-order valence-electron chi connectivity index (χ1n) is 5.46. The molecule has 0 saturated heterocycles. The Morgan fingerprint density at radius 2 is 1.89 bits per heavy atom. The van der Waals surface area contributed by atoms with E-state index in [0.717, 1.165) is 11.3 Å². The fourth-order valence-corrected chi connectivity index (χ4v) is 3.86. The minimum Gasteiger partial charge on any atom is -0.497 e. The number of thiophene rings is 1. The Morgan fingerprint density at radius 1 is 1.21 bits per heavy atom. The van der Waals surface area contributed by atoms with Crippen molar-refractivity contribution in [2.45, 2.75) is 4.21 Å². The van der Waals surface area contributed by atoms with E-state index in [4.69, 9.17) is 4.74 Å². The molecule has 2 rings (SSSR count). The molecule has 0 atom stereocenters. The summed E-state index contributed by atoms with van der Waals surface area (Å²) in [7, 11) is -2.02. The van der Waals surface area contributed by atoms with Gasteiger partial charge in [-0.2, -0.15) is 0 Å². The molecule has 0 spiro atoms. The molecule has 0 fully saturated rings. The maximum atomic E-state index is 12.0. The van der Waals surface area contributed by atoms with Crippen molar-refractivity contribution in [3.05, 3.63) is 47.3 Å². The van der Waals surface area contributed by atoms with Gasteiger partial charge < -0.3 is 4.74 Å². The quantitative estimate of drug-likeness (QED) is 0.795. The lowest BCUT2D eigenvalue weighted by atomic mass is 10.1. The molecule has 1 aromatic carbocycles. The summed E-state index contributed by atoms with van der Waals surface area (Å²) in [6.45, 7) is 0. The lowest BCUT2D eigenvalue weighted by Crippen LogP contribution is -2.15. The third kappa shape index (κ3) is 3.21. The molecule has 0 N–H and O–H groups in total. The van der Waals surface area contributed by atoms with E-state index in [1.54, 1.807) is 35.7 Å². The molecule has 0 aliphatic rings. The van der Waals surface area contributed by atoms with Gasteiger partial charge in [-0.05, 0) is 35.7 Å². The predicted molar refractivity (Wildman–Crippen MR) is 73.7 cm³/mol. The summed E-state index contributed by atoms with van der Waals surface area (Å²) in [5, 5.41) is 1.67. The number of carbonyl (C=O) groups excluding carboxylic acids is 1. The number of benzene rings is 1. The Morgan fingerprint density at radius 3 is 2.42 bits per heavy atom. The minimum absolute atomic E-state index is 0.217. The number of rotatable bonds is 5. The summed E-state index contributed by atoms with van der Waals surface area (Å²) >= 11 is 1.11. The Balaban J connectivity index is 2.17. The number of carbonyl (C=O) groups is 1. The molecular weight excluding hydrogens is 284 g/mol. The van der Waals surface area contributed by atoms with E-state index < -0.39 is 21.4 Å². The SMILES string of the molecule is COc1ccc(C(=O)CS(=O)(=O)c2cccs2)cc1. The van der Waals surface area contributed by atoms with Crippen LogP contribution in [-0.4, -0.2) is 27.1 Å². The van der Waals surface area contributed by atoms with E-state index in [1.807, 2.05) is 0 Å². The number of hydrogen-bond acceptors (Lipinski definition) is 5. The second-order valence-corrected chi connectivity index (χ2v) is 7.01. The molecule has 0 saturated carbocycles. The highest BCUT2D eigenvalue weighted by Crippen LogP contribution is 2.19. The van der Waals surface area contributed by atoms with E-state index >= 15 is 0 Å². The number of Topliss-reactive ketones (excluding diaryl/α,β-unsaturated/α-hetero) is 1. The molecule has 0 amide bonds. The first-order valence-corrected chi connectivity index (χ1v) is 7.99. The molecule has 0 aliphatic heterocycles. The van der Waals surface area contributed by atoms with Crippen LogP contribution in [0.4, 0.5) is 0 Å². The van der Waals surface area contributed by atoms with Crippen molar-refractivity contribution >= 4 is 27.0 Å². The Bertz CT molecular complexity index is 655. The van der Waals surface area contributed by atoms with E-state index in [2.05, 4.69) is 0 Å². The van der Waals surface area contributed by atoms with Crippen molar-refractivity contribution in [3.63, 3.8) is 0 Å². The van der Waals surface area contributed by atoms with Gasteiger partial charge in [0, 0.05) is 5.56 Å². The van der Waals surface area contributed by atoms with Crippen LogP contribution in [0, 0.1) is 0 Å². The van der Waals surface area contributed by atoms with Crippen molar-refractivity contribution in [3.8, 4) is 5.75 Å². The lowest BCUT2D eigenvalue weighted by molar-refractivity contribution is 0.102. The first-order chi connectivity index (χ1) is 9.03. The number of ketones is 1. The Hall–Kier alpha value is -1.66. The summed E-state index contributed by atoms with van der Waals surface area (Å²) < 4.78 is 29.1. The smallest absolute Gasteiger partial charge is 0.195 e. The maximum absolute atomic E-state index is 12.0. The monoisotopic (exact) mass is 296 g/mol. The van der Waals surface area contributed by atoms with Crippen molar-refractivity contribution in [2.24, 2.45) is 0 Å². The molecule has 100 valence electrons. The Kier molecular flexibility index (Phi) is 4.01. The standard InChI is InChI=1S/C13H12O4S2/c1-17-11-6-4-10(5-7-11)12(14)9-19(15,16)13-3-2-8-18-13/h2-8H,9H2,1H3. The summed E-state index contributed by atoms with van der Waals surface area (Å²) in [6, 6.07) is 9.53. The normalized spacial score (nSPS) is 11.2. The molecule has 1 heterocycles. The van der Waals surface area contributed by atoms with E-state index in [1.165, 1.54) is 13.2 Å². The fraction of sp³-hybridized carbons (Fsp3) is 0.154. The van der Waals surface area contributed by atoms with Gasteiger partial charge in [-0.25, -0.2) is 8.42 Å². The number of hydrogen-bond donors (Lipinski definition) is 0. The second kappa shape index (κ2) is 5.54. The van der Waals surface area contributed by atoms with Crippen LogP contribution in [0.25, 0.3) is 0 Å². The van der Waals surface area contributed by atoms with Crippen LogP contribution in [0.5, 0.6) is 5.75 Å². The Labute approximate surface area is 115 Å². The zero-order valence-electron chi connectivity index (χ0n) is 10.2. The van der Waals surface area contributed by atoms with Crippen molar-refractivity contribution in [1.29, 1.82) is 0 Å². The van der Waals surface area contributed by atoms with Crippen LogP contribution < -0.4 is 4.74 Å². The van der Waals surface area contributed by atoms with Crippen LogP contribution in [0.15, 0.2) is 46.0 Å². The van der Waals surface area contributed by atoms with Gasteiger partial charge in [0.25, 0.3) is 0 Å². The molecule has 0 radical (unpaired) electrons. The average Bonchev–Trinajstić information content (AvgIpc) is 2.93. The van der Waals surface area contributed by atoms with Gasteiger partial charge in [-0.3, -0.25) is 4.79 Å². The van der Waals surface area contributed by atoms with E-state index in [-0.39, 0.29) is 4.21 Å². The van der Waals surface area contributed by atoms with Gasteiger partial charge >= 0.3 is 0 Å². The van der Waals surface area contributed by atoms with Gasteiger partial charge in [0.15, 0.2) is 15.6 Å². The third-order valence-corrected chi connectivity index (χ3v) is 5.64. The molecule has 1 aromatic heterocycles. The maximum Gasteiger partial charge on any atom is 0.195 e. The van der Waals surface area contributed by atoms with Gasteiger partial charge in [-0.1, -0.05) is 6.07 Å². The zero-order valence-corrected chi connectivity index (χ0v) is 11.8. The third-order valence-electron chi connectivity index (χ3n) is 2.53. The van der Waals surface area contributed by atoms with Crippen LogP contribution in [0.2, 0.25) is 0 Å². The number of ether oxygens (including phenoxy) is 1. The summed E-state index contributed by atoms with van der Waals surface area (Å²) in [6.07, 6.45) is 0. The van der Waals surface area contributed by atoms with E-state index in [0.29, 0.717) is 11.3 Å². The van der Waals surface area contributed by atoms with Crippen molar-refractivity contribution in [2.75, 3.05) is 12.9 Å². The second-order valence-electron chi connectivity index (χ2n) is 3.84. The van der Waals surface area contributed by atoms with Crippen LogP contribution in [-0.2, 0) is 9.84 Å². The predicted octanol–water partition coefficient (Wildman–Crippen LogP) is 2.41. The molecule has 19 heavy (non-hydrogen) atoms. The summed E-state index contributed by atoms with van der Waals surface area (Å²) in [5.41, 5.74) is 0.362. The molecule has 2 aromatic rings. The van der Waals surface area contributed by atoms with E-state index in [9.17, 15) is 13.2 Å². The van der Waals surface area contributed by atoms with Gasteiger partial charge in [-0.15, -0.1) is 11.3 Å². The molecule has 4 nitrogen and oxygen atoms in total. The topological polar surface area (TPSA) is 60.4 Å². The van der Waals surface area contributed by atoms with Gasteiger partial charge in [0.1, 0.15) is 15.7 Å². The minimum atomic E-state index is -3.54. The first kappa shape index (κ1) is 13.8. The van der Waals surface area contributed by atoms with Crippen LogP contribution in [0.1, 0.15) is 10.4 Å². The van der Waals surface area contributed by atoms with Crippen molar-refractivity contribution < 1.29 is 17.9 Å². The highest BCUT2D eigenvalue weighted by Gasteiger charge is 2.21. The fourth-order valence-electron chi connectivity index (χ4n) is 1.54. The highest BCUT2D eigenvalue weighted by molar-refractivity contribution is 7.94. The number of sulfone groups is 1. The van der Waals surface area contributed by atoms with Crippen molar-refractivity contribution in [1.82, 2.24) is 0 Å². The summed E-state index contributed by atoms with van der Waals surface area (Å²) in [5.74, 6) is -0.312. The van der Waals surface area contributed by atoms with Gasteiger partial charge in [0.05, 0.1) is 7.11 Å². The highest BCUT2D eigenvalue weighted by atomic mass is 32.2. The van der Waals surface area contributed by atoms with Crippen LogP contribution >= 0.6 is 11.3 Å². The van der Waals surface area contributed by atoms with Crippen LogP contribution in [0.3, 0.4) is 0 Å². The number of methoxy groups -OCH3 is 1. The molecule has 0 bridgehead atoms. The molecule has 0 aliphatic carbocycles. The lowest BCUT2D eigenvalue weighted by Gasteiger charge is -2.03. The largest absolute Gasteiger partial charge is 0.497 e. The summed E-state index contributed by atoms with van der Waals surface area (Å²) in [4.78, 5) is 11.9. The molecule has 0 unspecified atom stereocenters. The van der Waals surface area contributed by atoms with Gasteiger partial charge in [0.2, 0.25) is 0 Å². The molecular formula is C13H12O4S2. The zero-order chi connectivity index (χ0) is 13.9. The molecule has 6 heteroatoms. The average molecular weight is 296 g/mol.